The van der Waals surface area contributed by atoms with Crippen LogP contribution in [0.2, 0.25) is 0 Å². The predicted molar refractivity (Wildman–Crippen MR) is 78.8 cm³/mol. The van der Waals surface area contributed by atoms with E-state index >= 15 is 0 Å². The number of likely N-dealkylation sites (tertiary alicyclic amines) is 2. The number of carbonyl (C=O) groups is 2. The van der Waals surface area contributed by atoms with E-state index in [0.29, 0.717) is 11.8 Å². The molecule has 3 fully saturated rings. The molecule has 0 bridgehead atoms. The Hall–Kier alpha value is -1.26. The third kappa shape index (κ3) is 3.16. The Balaban J connectivity index is 1.45. The largest absolute Gasteiger partial charge is 0.444 e. The van der Waals surface area contributed by atoms with Crippen LogP contribution in [-0.2, 0) is 9.53 Å². The number of hydrogen-bond acceptors (Lipinski definition) is 3. The molecule has 5 heteroatoms. The van der Waals surface area contributed by atoms with Gasteiger partial charge >= 0.3 is 6.09 Å². The summed E-state index contributed by atoms with van der Waals surface area (Å²) in [4.78, 5) is 27.8. The van der Waals surface area contributed by atoms with Gasteiger partial charge in [0.1, 0.15) is 5.60 Å². The van der Waals surface area contributed by atoms with Crippen molar-refractivity contribution in [1.82, 2.24) is 9.80 Å². The van der Waals surface area contributed by atoms with Crippen molar-refractivity contribution in [2.45, 2.75) is 52.1 Å². The SMILES string of the molecule is CC(C)(C)OC(=O)N1CC2(CCN(C(=O)C3CC3)CC2)C1. The van der Waals surface area contributed by atoms with Crippen molar-refractivity contribution in [2.24, 2.45) is 11.3 Å². The Morgan fingerprint density at radius 3 is 2.10 bits per heavy atom. The number of hydrogen-bond donors (Lipinski definition) is 0. The molecule has 2 saturated heterocycles. The minimum atomic E-state index is -0.431. The summed E-state index contributed by atoms with van der Waals surface area (Å²) < 4.78 is 5.40. The molecule has 2 heterocycles. The van der Waals surface area contributed by atoms with Crippen molar-refractivity contribution in [2.75, 3.05) is 26.2 Å². The Bertz CT molecular complexity index is 435. The monoisotopic (exact) mass is 294 g/mol. The number of ether oxygens (including phenoxy) is 1. The van der Waals surface area contributed by atoms with Crippen LogP contribution in [0.15, 0.2) is 0 Å². The fourth-order valence-corrected chi connectivity index (χ4v) is 3.33. The fourth-order valence-electron chi connectivity index (χ4n) is 3.33. The highest BCUT2D eigenvalue weighted by Gasteiger charge is 2.49. The Morgan fingerprint density at radius 2 is 1.62 bits per heavy atom. The molecule has 1 aliphatic carbocycles. The third-order valence-electron chi connectivity index (χ3n) is 4.77. The van der Waals surface area contributed by atoms with E-state index in [1.165, 1.54) is 0 Å². The van der Waals surface area contributed by atoms with E-state index in [9.17, 15) is 9.59 Å². The topological polar surface area (TPSA) is 49.9 Å². The van der Waals surface area contributed by atoms with Crippen LogP contribution in [0.1, 0.15) is 46.5 Å². The molecule has 3 aliphatic rings. The number of amides is 2. The smallest absolute Gasteiger partial charge is 0.410 e. The average molecular weight is 294 g/mol. The van der Waals surface area contributed by atoms with E-state index in [1.807, 2.05) is 25.7 Å². The van der Waals surface area contributed by atoms with Crippen LogP contribution in [-0.4, -0.2) is 53.6 Å². The van der Waals surface area contributed by atoms with Crippen LogP contribution in [0.4, 0.5) is 4.79 Å². The molecular formula is C16H26N2O3. The van der Waals surface area contributed by atoms with E-state index in [2.05, 4.69) is 0 Å². The Kier molecular flexibility index (Phi) is 3.41. The highest BCUT2D eigenvalue weighted by atomic mass is 16.6. The van der Waals surface area contributed by atoms with Crippen molar-refractivity contribution in [1.29, 1.82) is 0 Å². The summed E-state index contributed by atoms with van der Waals surface area (Å²) in [6.07, 6.45) is 3.99. The summed E-state index contributed by atoms with van der Waals surface area (Å²) in [6, 6.07) is 0. The van der Waals surface area contributed by atoms with Gasteiger partial charge in [-0.05, 0) is 46.5 Å². The van der Waals surface area contributed by atoms with E-state index in [-0.39, 0.29) is 11.5 Å². The van der Waals surface area contributed by atoms with Crippen molar-refractivity contribution < 1.29 is 14.3 Å². The highest BCUT2D eigenvalue weighted by molar-refractivity contribution is 5.81. The molecule has 3 rings (SSSR count). The van der Waals surface area contributed by atoms with Gasteiger partial charge in [0, 0.05) is 37.5 Å². The van der Waals surface area contributed by atoms with Crippen LogP contribution >= 0.6 is 0 Å². The van der Waals surface area contributed by atoms with Gasteiger partial charge < -0.3 is 14.5 Å². The second-order valence-electron chi connectivity index (χ2n) is 7.94. The van der Waals surface area contributed by atoms with Gasteiger partial charge in [-0.3, -0.25) is 4.79 Å². The van der Waals surface area contributed by atoms with E-state index in [1.54, 1.807) is 4.90 Å². The lowest BCUT2D eigenvalue weighted by Gasteiger charge is -2.53. The summed E-state index contributed by atoms with van der Waals surface area (Å²) >= 11 is 0. The Labute approximate surface area is 126 Å². The van der Waals surface area contributed by atoms with E-state index in [4.69, 9.17) is 4.74 Å². The summed E-state index contributed by atoms with van der Waals surface area (Å²) in [5, 5.41) is 0. The maximum Gasteiger partial charge on any atom is 0.410 e. The average Bonchev–Trinajstić information content (AvgIpc) is 3.17. The molecule has 0 N–H and O–H groups in total. The van der Waals surface area contributed by atoms with Crippen molar-refractivity contribution in [3.05, 3.63) is 0 Å². The summed E-state index contributed by atoms with van der Waals surface area (Å²) in [5.41, 5.74) is -0.197. The van der Waals surface area contributed by atoms with Crippen LogP contribution in [0.25, 0.3) is 0 Å². The van der Waals surface area contributed by atoms with Gasteiger partial charge in [-0.25, -0.2) is 4.79 Å². The Morgan fingerprint density at radius 1 is 1.05 bits per heavy atom. The zero-order valence-corrected chi connectivity index (χ0v) is 13.4. The maximum absolute atomic E-state index is 12.0. The summed E-state index contributed by atoms with van der Waals surface area (Å²) in [6.45, 7) is 8.96. The standard InChI is InChI=1S/C16H26N2O3/c1-15(2,3)21-14(20)18-10-16(11-18)6-8-17(9-7-16)13(19)12-4-5-12/h12H,4-11H2,1-3H3. The molecule has 1 spiro atoms. The first-order chi connectivity index (χ1) is 9.78. The zero-order valence-electron chi connectivity index (χ0n) is 13.4. The molecule has 0 radical (unpaired) electrons. The molecule has 118 valence electrons. The van der Waals surface area contributed by atoms with Crippen LogP contribution in [0, 0.1) is 11.3 Å². The zero-order chi connectivity index (χ0) is 15.3. The molecule has 0 aromatic carbocycles. The van der Waals surface area contributed by atoms with Crippen LogP contribution in [0.3, 0.4) is 0 Å². The minimum absolute atomic E-state index is 0.204. The number of rotatable bonds is 1. The molecule has 0 aromatic rings. The lowest BCUT2D eigenvalue weighted by molar-refractivity contribution is -0.137. The third-order valence-corrected chi connectivity index (χ3v) is 4.77. The molecule has 2 aliphatic heterocycles. The number of carbonyl (C=O) groups excluding carboxylic acids is 2. The van der Waals surface area contributed by atoms with Gasteiger partial charge in [-0.1, -0.05) is 0 Å². The van der Waals surface area contributed by atoms with Gasteiger partial charge in [0.15, 0.2) is 0 Å². The molecule has 2 amide bonds. The lowest BCUT2D eigenvalue weighted by atomic mass is 9.72. The van der Waals surface area contributed by atoms with Gasteiger partial charge in [0.2, 0.25) is 5.91 Å². The highest BCUT2D eigenvalue weighted by Crippen LogP contribution is 2.42. The van der Waals surface area contributed by atoms with Crippen LogP contribution in [0.5, 0.6) is 0 Å². The number of piperidine rings is 1. The fraction of sp³-hybridized carbons (Fsp3) is 0.875. The van der Waals surface area contributed by atoms with Gasteiger partial charge in [0.25, 0.3) is 0 Å². The van der Waals surface area contributed by atoms with Crippen molar-refractivity contribution in [3.8, 4) is 0 Å². The first kappa shape index (κ1) is 14.7. The second kappa shape index (κ2) is 4.89. The van der Waals surface area contributed by atoms with E-state index in [0.717, 1.165) is 51.9 Å². The predicted octanol–water partition coefficient (Wildman–Crippen LogP) is 2.26. The van der Waals surface area contributed by atoms with Gasteiger partial charge in [-0.15, -0.1) is 0 Å². The normalized spacial score (nSPS) is 24.7. The minimum Gasteiger partial charge on any atom is -0.444 e. The van der Waals surface area contributed by atoms with Crippen molar-refractivity contribution in [3.63, 3.8) is 0 Å². The summed E-state index contributed by atoms with van der Waals surface area (Å²) in [5.74, 6) is 0.673. The second-order valence-corrected chi connectivity index (χ2v) is 7.94. The molecule has 0 unspecified atom stereocenters. The molecule has 5 nitrogen and oxygen atoms in total. The molecule has 21 heavy (non-hydrogen) atoms. The lowest BCUT2D eigenvalue weighted by Crippen LogP contribution is -2.62. The molecule has 0 atom stereocenters. The molecule has 1 saturated carbocycles. The molecular weight excluding hydrogens is 268 g/mol. The van der Waals surface area contributed by atoms with Crippen molar-refractivity contribution >= 4 is 12.0 Å². The first-order valence-electron chi connectivity index (χ1n) is 8.05. The number of nitrogens with zero attached hydrogens (tertiary/aromatic N) is 2. The first-order valence-corrected chi connectivity index (χ1v) is 8.05. The quantitative estimate of drug-likeness (QED) is 0.745. The van der Waals surface area contributed by atoms with E-state index < -0.39 is 5.60 Å². The maximum atomic E-state index is 12.0. The summed E-state index contributed by atoms with van der Waals surface area (Å²) in [7, 11) is 0. The van der Waals surface area contributed by atoms with Gasteiger partial charge in [-0.2, -0.15) is 0 Å². The van der Waals surface area contributed by atoms with Crippen LogP contribution < -0.4 is 0 Å². The van der Waals surface area contributed by atoms with Gasteiger partial charge in [0.05, 0.1) is 0 Å². The molecule has 0 aromatic heterocycles.